The maximum Gasteiger partial charge on any atom is 0.282 e. The summed E-state index contributed by atoms with van der Waals surface area (Å²) in [5, 5.41) is 14.4. The number of nitrogens with zero attached hydrogens (tertiary/aromatic N) is 3. The topological polar surface area (TPSA) is 70.1 Å². The van der Waals surface area contributed by atoms with Crippen molar-refractivity contribution in [2.24, 2.45) is 0 Å². The van der Waals surface area contributed by atoms with Crippen LogP contribution in [-0.4, -0.2) is 54.2 Å². The SMILES string of the molecule is CNc1nnc(C(=O)NCC(C)(C)N(C)C)s1. The summed E-state index contributed by atoms with van der Waals surface area (Å²) in [6.45, 7) is 4.69. The van der Waals surface area contributed by atoms with Gasteiger partial charge in [0, 0.05) is 19.1 Å². The van der Waals surface area contributed by atoms with E-state index < -0.39 is 0 Å². The Morgan fingerprint density at radius 1 is 1.41 bits per heavy atom. The van der Waals surface area contributed by atoms with Crippen molar-refractivity contribution in [3.8, 4) is 0 Å². The second kappa shape index (κ2) is 5.42. The number of carbonyl (C=O) groups excluding carboxylic acids is 1. The first-order valence-corrected chi connectivity index (χ1v) is 6.15. The molecule has 0 aromatic carbocycles. The molecule has 0 aliphatic carbocycles. The predicted octanol–water partition coefficient (Wildman–Crippen LogP) is 0.650. The van der Waals surface area contributed by atoms with Crippen molar-refractivity contribution in [2.75, 3.05) is 33.0 Å². The van der Waals surface area contributed by atoms with Crippen LogP contribution in [0, 0.1) is 0 Å². The summed E-state index contributed by atoms with van der Waals surface area (Å²) in [6, 6.07) is 0. The van der Waals surface area contributed by atoms with Crippen LogP contribution < -0.4 is 10.6 Å². The highest BCUT2D eigenvalue weighted by molar-refractivity contribution is 7.17. The van der Waals surface area contributed by atoms with Gasteiger partial charge in [0.2, 0.25) is 10.1 Å². The van der Waals surface area contributed by atoms with Crippen LogP contribution in [0.1, 0.15) is 23.6 Å². The summed E-state index contributed by atoms with van der Waals surface area (Å²) < 4.78 is 0. The number of anilines is 1. The average Bonchev–Trinajstić information content (AvgIpc) is 2.74. The van der Waals surface area contributed by atoms with Crippen LogP contribution in [0.25, 0.3) is 0 Å². The molecule has 7 heteroatoms. The van der Waals surface area contributed by atoms with Crippen molar-refractivity contribution >= 4 is 22.4 Å². The zero-order valence-electron chi connectivity index (χ0n) is 10.9. The molecule has 1 rings (SSSR count). The van der Waals surface area contributed by atoms with E-state index in [9.17, 15) is 4.79 Å². The molecule has 0 radical (unpaired) electrons. The molecule has 0 aliphatic rings. The predicted molar refractivity (Wildman–Crippen MR) is 69.6 cm³/mol. The van der Waals surface area contributed by atoms with Gasteiger partial charge in [-0.15, -0.1) is 10.2 Å². The maximum atomic E-state index is 11.8. The second-order valence-electron chi connectivity index (χ2n) is 4.55. The Labute approximate surface area is 105 Å². The Kier molecular flexibility index (Phi) is 4.41. The van der Waals surface area contributed by atoms with Crippen molar-refractivity contribution in [1.29, 1.82) is 0 Å². The van der Waals surface area contributed by atoms with Crippen LogP contribution in [0.15, 0.2) is 0 Å². The van der Waals surface area contributed by atoms with Crippen molar-refractivity contribution in [1.82, 2.24) is 20.4 Å². The van der Waals surface area contributed by atoms with Crippen LogP contribution in [-0.2, 0) is 0 Å². The normalized spacial score (nSPS) is 11.6. The van der Waals surface area contributed by atoms with Crippen LogP contribution >= 0.6 is 11.3 Å². The lowest BCUT2D eigenvalue weighted by atomic mass is 10.0. The summed E-state index contributed by atoms with van der Waals surface area (Å²) in [6.07, 6.45) is 0. The fraction of sp³-hybridized carbons (Fsp3) is 0.700. The molecule has 0 atom stereocenters. The Hall–Kier alpha value is -1.21. The molecule has 6 nitrogen and oxygen atoms in total. The highest BCUT2D eigenvalue weighted by Crippen LogP contribution is 2.14. The molecule has 1 amide bonds. The number of nitrogens with one attached hydrogen (secondary N) is 2. The molecule has 1 aromatic rings. The van der Waals surface area contributed by atoms with Gasteiger partial charge in [-0.2, -0.15) is 0 Å². The molecule has 0 saturated heterocycles. The largest absolute Gasteiger partial charge is 0.363 e. The van der Waals surface area contributed by atoms with E-state index in [1.54, 1.807) is 7.05 Å². The van der Waals surface area contributed by atoms with E-state index in [4.69, 9.17) is 0 Å². The number of carbonyl (C=O) groups is 1. The lowest BCUT2D eigenvalue weighted by Crippen LogP contribution is -2.48. The Morgan fingerprint density at radius 2 is 2.06 bits per heavy atom. The van der Waals surface area contributed by atoms with Crippen molar-refractivity contribution in [3.63, 3.8) is 0 Å². The Bertz CT molecular complexity index is 388. The molecule has 1 aromatic heterocycles. The van der Waals surface area contributed by atoms with Gasteiger partial charge in [0.15, 0.2) is 0 Å². The Balaban J connectivity index is 2.56. The fourth-order valence-corrected chi connectivity index (χ4v) is 1.56. The zero-order chi connectivity index (χ0) is 13.1. The van der Waals surface area contributed by atoms with Gasteiger partial charge in [-0.1, -0.05) is 11.3 Å². The lowest BCUT2D eigenvalue weighted by Gasteiger charge is -2.32. The molecule has 0 spiro atoms. The minimum absolute atomic E-state index is 0.0911. The minimum Gasteiger partial charge on any atom is -0.363 e. The third-order valence-corrected chi connectivity index (χ3v) is 3.66. The maximum absolute atomic E-state index is 11.8. The third-order valence-electron chi connectivity index (χ3n) is 2.73. The third kappa shape index (κ3) is 3.64. The van der Waals surface area contributed by atoms with Crippen molar-refractivity contribution in [2.45, 2.75) is 19.4 Å². The van der Waals surface area contributed by atoms with Crippen LogP contribution in [0.3, 0.4) is 0 Å². The van der Waals surface area contributed by atoms with Gasteiger partial charge >= 0.3 is 0 Å². The monoisotopic (exact) mass is 257 g/mol. The number of aromatic nitrogens is 2. The van der Waals surface area contributed by atoms with E-state index >= 15 is 0 Å². The van der Waals surface area contributed by atoms with Gasteiger partial charge < -0.3 is 15.5 Å². The Morgan fingerprint density at radius 3 is 2.53 bits per heavy atom. The van der Waals surface area contributed by atoms with Gasteiger partial charge in [-0.3, -0.25) is 4.79 Å². The van der Waals surface area contributed by atoms with E-state index in [2.05, 4.69) is 39.6 Å². The molecule has 0 fully saturated rings. The number of hydrogen-bond donors (Lipinski definition) is 2. The van der Waals surface area contributed by atoms with Gasteiger partial charge in [-0.05, 0) is 27.9 Å². The molecule has 1 heterocycles. The summed E-state index contributed by atoms with van der Waals surface area (Å²) in [7, 11) is 5.71. The molecule has 0 unspecified atom stereocenters. The first-order valence-electron chi connectivity index (χ1n) is 5.33. The average molecular weight is 257 g/mol. The number of rotatable bonds is 5. The van der Waals surface area contributed by atoms with Crippen molar-refractivity contribution in [3.05, 3.63) is 5.01 Å². The van der Waals surface area contributed by atoms with Gasteiger partial charge in [0.05, 0.1) is 0 Å². The second-order valence-corrected chi connectivity index (χ2v) is 5.53. The number of likely N-dealkylation sites (N-methyl/N-ethyl adjacent to an activating group) is 1. The van der Waals surface area contributed by atoms with Crippen molar-refractivity contribution < 1.29 is 4.79 Å². The summed E-state index contributed by atoms with van der Waals surface area (Å²) in [5.41, 5.74) is -0.0911. The first kappa shape index (κ1) is 13.9. The molecular weight excluding hydrogens is 238 g/mol. The van der Waals surface area contributed by atoms with Gasteiger partial charge in [-0.25, -0.2) is 0 Å². The standard InChI is InChI=1S/C10H19N5OS/c1-10(2,15(4)5)6-12-7(16)8-13-14-9(11-3)17-8/h6H2,1-5H3,(H,11,14)(H,12,16). The molecule has 17 heavy (non-hydrogen) atoms. The zero-order valence-corrected chi connectivity index (χ0v) is 11.7. The summed E-state index contributed by atoms with van der Waals surface area (Å²) in [5.74, 6) is -0.182. The quantitative estimate of drug-likeness (QED) is 0.810. The number of hydrogen-bond acceptors (Lipinski definition) is 6. The highest BCUT2D eigenvalue weighted by atomic mass is 32.1. The first-order chi connectivity index (χ1) is 7.86. The molecular formula is C10H19N5OS. The molecule has 0 saturated carbocycles. The van der Waals surface area contributed by atoms with E-state index in [1.807, 2.05) is 14.1 Å². The van der Waals surface area contributed by atoms with Crippen LogP contribution in [0.5, 0.6) is 0 Å². The smallest absolute Gasteiger partial charge is 0.282 e. The van der Waals surface area contributed by atoms with Gasteiger partial charge in [0.1, 0.15) is 0 Å². The molecule has 96 valence electrons. The van der Waals surface area contributed by atoms with Crippen LogP contribution in [0.4, 0.5) is 5.13 Å². The summed E-state index contributed by atoms with van der Waals surface area (Å²) >= 11 is 1.24. The van der Waals surface area contributed by atoms with E-state index in [1.165, 1.54) is 11.3 Å². The minimum atomic E-state index is -0.182. The molecule has 0 aliphatic heterocycles. The van der Waals surface area contributed by atoms with E-state index in [-0.39, 0.29) is 11.4 Å². The van der Waals surface area contributed by atoms with Crippen LogP contribution in [0.2, 0.25) is 0 Å². The highest BCUT2D eigenvalue weighted by Gasteiger charge is 2.22. The van der Waals surface area contributed by atoms with E-state index in [0.717, 1.165) is 0 Å². The van der Waals surface area contributed by atoms with E-state index in [0.29, 0.717) is 16.7 Å². The molecule has 2 N–H and O–H groups in total. The summed E-state index contributed by atoms with van der Waals surface area (Å²) in [4.78, 5) is 13.9. The molecule has 0 bridgehead atoms. The number of amides is 1. The fourth-order valence-electron chi connectivity index (χ4n) is 0.946. The lowest BCUT2D eigenvalue weighted by molar-refractivity contribution is 0.0918. The van der Waals surface area contributed by atoms with Gasteiger partial charge in [0.25, 0.3) is 5.91 Å².